The molecular weight excluding hydrogens is 228 g/mol. The van der Waals surface area contributed by atoms with E-state index in [1.807, 2.05) is 44.2 Å². The summed E-state index contributed by atoms with van der Waals surface area (Å²) >= 11 is 5.77. The van der Waals surface area contributed by atoms with Gasteiger partial charge in [0.1, 0.15) is 6.61 Å². The maximum absolute atomic E-state index is 11.2. The highest BCUT2D eigenvalue weighted by atomic mass is 35.5. The minimum Gasteiger partial charge on any atom is -0.429 e. The number of benzene rings is 1. The second-order valence-electron chi connectivity index (χ2n) is 3.74. The van der Waals surface area contributed by atoms with Gasteiger partial charge in [-0.1, -0.05) is 55.8 Å². The fraction of sp³-hybridized carbons (Fsp3) is 0.417. The third-order valence-corrected chi connectivity index (χ3v) is 2.53. The van der Waals surface area contributed by atoms with Gasteiger partial charge in [-0.3, -0.25) is 0 Å². The van der Waals surface area contributed by atoms with Crippen molar-refractivity contribution >= 4 is 17.8 Å². The lowest BCUT2D eigenvalue weighted by molar-refractivity contribution is 0.0303. The van der Waals surface area contributed by atoms with E-state index in [1.54, 1.807) is 0 Å². The predicted molar refractivity (Wildman–Crippen MR) is 62.2 cm³/mol. The van der Waals surface area contributed by atoms with E-state index in [0.717, 1.165) is 5.56 Å². The molecule has 1 rings (SSSR count). The average molecular weight is 243 g/mol. The Morgan fingerprint density at radius 2 is 1.94 bits per heavy atom. The van der Waals surface area contributed by atoms with Gasteiger partial charge in [0.2, 0.25) is 0 Å². The van der Waals surface area contributed by atoms with Crippen molar-refractivity contribution in [3.05, 3.63) is 35.9 Å². The van der Waals surface area contributed by atoms with E-state index in [2.05, 4.69) is 0 Å². The van der Waals surface area contributed by atoms with E-state index >= 15 is 0 Å². The number of carbonyl (C=O) groups is 1. The van der Waals surface area contributed by atoms with Gasteiger partial charge in [-0.2, -0.15) is 0 Å². The number of hydrogen-bond acceptors (Lipinski definition) is 3. The number of alkyl halides is 1. The van der Waals surface area contributed by atoms with Crippen LogP contribution in [0.1, 0.15) is 19.4 Å². The van der Waals surface area contributed by atoms with Crippen LogP contribution in [0.3, 0.4) is 0 Å². The summed E-state index contributed by atoms with van der Waals surface area (Å²) in [4.78, 5) is 11.2. The fourth-order valence-corrected chi connectivity index (χ4v) is 1.05. The molecule has 0 unspecified atom stereocenters. The smallest absolute Gasteiger partial charge is 0.429 e. The summed E-state index contributed by atoms with van der Waals surface area (Å²) in [5.74, 6) is 0.0611. The van der Waals surface area contributed by atoms with Gasteiger partial charge in [0.15, 0.2) is 5.56 Å². The molecule has 1 atom stereocenters. The summed E-state index contributed by atoms with van der Waals surface area (Å²) in [6.07, 6.45) is -0.738. The largest absolute Gasteiger partial charge is 0.510 e. The van der Waals surface area contributed by atoms with Crippen LogP contribution in [0.15, 0.2) is 30.3 Å². The molecule has 4 heteroatoms. The first-order chi connectivity index (χ1) is 7.59. The van der Waals surface area contributed by atoms with E-state index in [9.17, 15) is 4.79 Å². The number of hydrogen-bond donors (Lipinski definition) is 0. The zero-order valence-electron chi connectivity index (χ0n) is 9.35. The van der Waals surface area contributed by atoms with Crippen molar-refractivity contribution < 1.29 is 14.3 Å². The summed E-state index contributed by atoms with van der Waals surface area (Å²) in [5.41, 5.74) is 0.262. The number of carbonyl (C=O) groups excluding carboxylic acids is 1. The zero-order chi connectivity index (χ0) is 12.0. The minimum absolute atomic E-state index is 0.0611. The molecule has 0 spiro atoms. The summed E-state index contributed by atoms with van der Waals surface area (Å²) in [6.45, 7) is 3.92. The molecule has 0 heterocycles. The van der Waals surface area contributed by atoms with Crippen LogP contribution in [0.4, 0.5) is 4.79 Å². The molecule has 0 aliphatic carbocycles. The molecule has 1 aromatic carbocycles. The van der Waals surface area contributed by atoms with Crippen molar-refractivity contribution in [1.29, 1.82) is 0 Å². The molecule has 0 aromatic heterocycles. The molecule has 88 valence electrons. The van der Waals surface area contributed by atoms with E-state index < -0.39 is 11.7 Å². The van der Waals surface area contributed by atoms with Crippen molar-refractivity contribution in [1.82, 2.24) is 0 Å². The molecule has 1 aromatic rings. The topological polar surface area (TPSA) is 35.5 Å². The standard InChI is InChI=1S/C12H15ClO3/c1-9(2)11(13)16-12(14)15-8-10-6-4-3-5-7-10/h3-7,9,11H,8H2,1-2H3/t11-/m1/s1. The normalized spacial score (nSPS) is 12.2. The van der Waals surface area contributed by atoms with Gasteiger partial charge in [-0.25, -0.2) is 4.79 Å². The Morgan fingerprint density at radius 3 is 2.50 bits per heavy atom. The summed E-state index contributed by atoms with van der Waals surface area (Å²) < 4.78 is 9.74. The van der Waals surface area contributed by atoms with Gasteiger partial charge in [-0.15, -0.1) is 0 Å². The zero-order valence-corrected chi connectivity index (χ0v) is 10.1. The molecule has 0 radical (unpaired) electrons. The Balaban J connectivity index is 2.31. The van der Waals surface area contributed by atoms with Gasteiger partial charge in [0.05, 0.1) is 0 Å². The molecule has 16 heavy (non-hydrogen) atoms. The Kier molecular flexibility index (Phi) is 5.12. The molecular formula is C12H15ClO3. The van der Waals surface area contributed by atoms with Gasteiger partial charge < -0.3 is 9.47 Å². The van der Waals surface area contributed by atoms with E-state index in [1.165, 1.54) is 0 Å². The van der Waals surface area contributed by atoms with Crippen LogP contribution < -0.4 is 0 Å². The second kappa shape index (κ2) is 6.38. The first-order valence-corrected chi connectivity index (χ1v) is 5.54. The molecule has 0 aliphatic heterocycles. The highest BCUT2D eigenvalue weighted by Gasteiger charge is 2.15. The van der Waals surface area contributed by atoms with Crippen LogP contribution in [-0.4, -0.2) is 11.7 Å². The van der Waals surface area contributed by atoms with Crippen molar-refractivity contribution in [2.45, 2.75) is 26.0 Å². The van der Waals surface area contributed by atoms with Crippen molar-refractivity contribution in [2.75, 3.05) is 0 Å². The Morgan fingerprint density at radius 1 is 1.31 bits per heavy atom. The van der Waals surface area contributed by atoms with Crippen LogP contribution in [0.25, 0.3) is 0 Å². The van der Waals surface area contributed by atoms with Gasteiger partial charge in [0, 0.05) is 5.92 Å². The van der Waals surface area contributed by atoms with Crippen LogP contribution in [-0.2, 0) is 16.1 Å². The number of halogens is 1. The van der Waals surface area contributed by atoms with E-state index in [-0.39, 0.29) is 12.5 Å². The van der Waals surface area contributed by atoms with Crippen molar-refractivity contribution in [3.8, 4) is 0 Å². The minimum atomic E-state index is -0.738. The van der Waals surface area contributed by atoms with E-state index in [0.29, 0.717) is 0 Å². The second-order valence-corrected chi connectivity index (χ2v) is 4.17. The molecule has 0 saturated carbocycles. The van der Waals surface area contributed by atoms with Gasteiger partial charge in [0.25, 0.3) is 0 Å². The lowest BCUT2D eigenvalue weighted by Crippen LogP contribution is -2.18. The Bertz CT molecular complexity index is 324. The van der Waals surface area contributed by atoms with Gasteiger partial charge in [-0.05, 0) is 5.56 Å². The Hall–Kier alpha value is -1.22. The molecule has 0 bridgehead atoms. The molecule has 0 fully saturated rings. The Labute approximate surface area is 100 Å². The van der Waals surface area contributed by atoms with Crippen LogP contribution in [0, 0.1) is 5.92 Å². The third kappa shape index (κ3) is 4.53. The van der Waals surface area contributed by atoms with Crippen molar-refractivity contribution in [2.24, 2.45) is 5.92 Å². The molecule has 0 aliphatic rings. The van der Waals surface area contributed by atoms with Gasteiger partial charge >= 0.3 is 6.16 Å². The quantitative estimate of drug-likeness (QED) is 0.598. The summed E-state index contributed by atoms with van der Waals surface area (Å²) in [5, 5.41) is 0. The third-order valence-electron chi connectivity index (χ3n) is 1.93. The van der Waals surface area contributed by atoms with E-state index in [4.69, 9.17) is 21.1 Å². The molecule has 3 nitrogen and oxygen atoms in total. The lowest BCUT2D eigenvalue weighted by atomic mass is 10.2. The lowest BCUT2D eigenvalue weighted by Gasteiger charge is -2.13. The maximum atomic E-state index is 11.2. The van der Waals surface area contributed by atoms with Crippen LogP contribution in [0.5, 0.6) is 0 Å². The highest BCUT2D eigenvalue weighted by molar-refractivity contribution is 6.20. The summed E-state index contributed by atoms with van der Waals surface area (Å²) in [6, 6.07) is 9.39. The average Bonchev–Trinajstić information content (AvgIpc) is 2.27. The molecule has 0 saturated heterocycles. The first kappa shape index (κ1) is 12.8. The maximum Gasteiger partial charge on any atom is 0.510 e. The predicted octanol–water partition coefficient (Wildman–Crippen LogP) is 3.56. The SMILES string of the molecule is CC(C)[C@H](Cl)OC(=O)OCc1ccccc1. The monoisotopic (exact) mass is 242 g/mol. The number of rotatable bonds is 4. The number of ether oxygens (including phenoxy) is 2. The van der Waals surface area contributed by atoms with Crippen LogP contribution >= 0.6 is 11.6 Å². The molecule has 0 amide bonds. The summed E-state index contributed by atoms with van der Waals surface area (Å²) in [7, 11) is 0. The first-order valence-electron chi connectivity index (χ1n) is 5.11. The fourth-order valence-electron chi connectivity index (χ4n) is 0.979. The highest BCUT2D eigenvalue weighted by Crippen LogP contribution is 2.12. The van der Waals surface area contributed by atoms with Crippen LogP contribution in [0.2, 0.25) is 0 Å². The molecule has 0 N–H and O–H groups in total. The van der Waals surface area contributed by atoms with Crippen molar-refractivity contribution in [3.63, 3.8) is 0 Å².